The van der Waals surface area contributed by atoms with Crippen LogP contribution in [0.5, 0.6) is 11.6 Å². The molecule has 0 spiro atoms. The summed E-state index contributed by atoms with van der Waals surface area (Å²) < 4.78 is 39.4. The third kappa shape index (κ3) is 4.07. The average Bonchev–Trinajstić information content (AvgIpc) is 3.20. The molecule has 3 heterocycles. The predicted molar refractivity (Wildman–Crippen MR) is 108 cm³/mol. The van der Waals surface area contributed by atoms with Gasteiger partial charge in [-0.05, 0) is 30.3 Å². The zero-order chi connectivity index (χ0) is 21.0. The van der Waals surface area contributed by atoms with Crippen LogP contribution < -0.4 is 14.2 Å². The normalized spacial score (nSPS) is 11.5. The number of hydrogen-bond donors (Lipinski definition) is 1. The van der Waals surface area contributed by atoms with Gasteiger partial charge in [-0.25, -0.2) is 13.1 Å². The van der Waals surface area contributed by atoms with Gasteiger partial charge in [-0.3, -0.25) is 4.98 Å². The standard InChI is InChI=1S/C19H18N6O4S/c1-28-16-7-3-2-6-15(16)19-23-22-17-8-9-18(24-25(17)19)29-12-11-21-30(26,27)14-5-4-10-20-13-14/h2-10,13,21H,11-12H2,1H3. The van der Waals surface area contributed by atoms with Crippen LogP contribution in [0.15, 0.2) is 65.8 Å². The van der Waals surface area contributed by atoms with E-state index in [-0.39, 0.29) is 18.0 Å². The molecule has 0 saturated carbocycles. The molecule has 4 rings (SSSR count). The molecule has 0 saturated heterocycles. The van der Waals surface area contributed by atoms with Crippen molar-refractivity contribution in [2.75, 3.05) is 20.3 Å². The summed E-state index contributed by atoms with van der Waals surface area (Å²) in [7, 11) is -2.06. The average molecular weight is 426 g/mol. The second-order valence-corrected chi connectivity index (χ2v) is 7.87. The fraction of sp³-hybridized carbons (Fsp3) is 0.158. The maximum Gasteiger partial charge on any atom is 0.242 e. The minimum atomic E-state index is -3.64. The van der Waals surface area contributed by atoms with Crippen LogP contribution in [-0.2, 0) is 10.0 Å². The molecule has 0 aliphatic heterocycles. The van der Waals surface area contributed by atoms with Crippen LogP contribution in [0.4, 0.5) is 0 Å². The molecular weight excluding hydrogens is 408 g/mol. The quantitative estimate of drug-likeness (QED) is 0.421. The number of nitrogens with one attached hydrogen (secondary N) is 1. The van der Waals surface area contributed by atoms with Crippen molar-refractivity contribution in [2.45, 2.75) is 4.90 Å². The molecule has 1 N–H and O–H groups in total. The first-order valence-corrected chi connectivity index (χ1v) is 10.4. The molecule has 11 heteroatoms. The molecule has 30 heavy (non-hydrogen) atoms. The molecular formula is C19H18N6O4S. The van der Waals surface area contributed by atoms with E-state index in [9.17, 15) is 8.42 Å². The number of rotatable bonds is 8. The second kappa shape index (κ2) is 8.43. The van der Waals surface area contributed by atoms with Gasteiger partial charge < -0.3 is 9.47 Å². The van der Waals surface area contributed by atoms with E-state index in [1.807, 2.05) is 24.3 Å². The molecule has 0 radical (unpaired) electrons. The summed E-state index contributed by atoms with van der Waals surface area (Å²) >= 11 is 0. The van der Waals surface area contributed by atoms with Gasteiger partial charge in [0.1, 0.15) is 17.3 Å². The Morgan fingerprint density at radius 3 is 2.73 bits per heavy atom. The summed E-state index contributed by atoms with van der Waals surface area (Å²) in [5.41, 5.74) is 1.28. The van der Waals surface area contributed by atoms with Crippen LogP contribution in [0, 0.1) is 0 Å². The van der Waals surface area contributed by atoms with E-state index in [0.717, 1.165) is 5.56 Å². The number of nitrogens with zero attached hydrogens (tertiary/aromatic N) is 5. The number of fused-ring (bicyclic) bond motifs is 1. The summed E-state index contributed by atoms with van der Waals surface area (Å²) in [6.45, 7) is 0.155. The SMILES string of the molecule is COc1ccccc1-c1nnc2ccc(OCCNS(=O)(=O)c3cccnc3)nn12. The molecule has 0 atom stereocenters. The van der Waals surface area contributed by atoms with Crippen molar-refractivity contribution >= 4 is 15.7 Å². The highest BCUT2D eigenvalue weighted by Crippen LogP contribution is 2.28. The Labute approximate surface area is 172 Å². The number of benzene rings is 1. The number of para-hydroxylation sites is 1. The van der Waals surface area contributed by atoms with E-state index >= 15 is 0 Å². The van der Waals surface area contributed by atoms with Crippen molar-refractivity contribution < 1.29 is 17.9 Å². The van der Waals surface area contributed by atoms with E-state index < -0.39 is 10.0 Å². The number of aromatic nitrogens is 5. The van der Waals surface area contributed by atoms with Crippen molar-refractivity contribution in [3.05, 3.63) is 60.9 Å². The van der Waals surface area contributed by atoms with Crippen molar-refractivity contribution in [2.24, 2.45) is 0 Å². The van der Waals surface area contributed by atoms with Crippen LogP contribution in [0.1, 0.15) is 0 Å². The van der Waals surface area contributed by atoms with Crippen molar-refractivity contribution in [1.82, 2.24) is 29.5 Å². The minimum absolute atomic E-state index is 0.0679. The molecule has 0 aliphatic rings. The van der Waals surface area contributed by atoms with E-state index in [1.165, 1.54) is 18.5 Å². The monoisotopic (exact) mass is 426 g/mol. The van der Waals surface area contributed by atoms with E-state index in [4.69, 9.17) is 9.47 Å². The Balaban J connectivity index is 1.47. The zero-order valence-electron chi connectivity index (χ0n) is 16.0. The predicted octanol–water partition coefficient (Wildman–Crippen LogP) is 1.55. The van der Waals surface area contributed by atoms with E-state index in [0.29, 0.717) is 23.1 Å². The van der Waals surface area contributed by atoms with Gasteiger partial charge in [-0.15, -0.1) is 15.3 Å². The van der Waals surface area contributed by atoms with Crippen LogP contribution in [0.2, 0.25) is 0 Å². The van der Waals surface area contributed by atoms with Gasteiger partial charge in [0.15, 0.2) is 11.5 Å². The Kier molecular flexibility index (Phi) is 5.55. The van der Waals surface area contributed by atoms with Crippen molar-refractivity contribution in [1.29, 1.82) is 0 Å². The smallest absolute Gasteiger partial charge is 0.242 e. The van der Waals surface area contributed by atoms with Crippen LogP contribution >= 0.6 is 0 Å². The minimum Gasteiger partial charge on any atom is -0.496 e. The van der Waals surface area contributed by atoms with Gasteiger partial charge in [-0.1, -0.05) is 12.1 Å². The van der Waals surface area contributed by atoms with Crippen LogP contribution in [0.3, 0.4) is 0 Å². The summed E-state index contributed by atoms with van der Waals surface area (Å²) in [5, 5.41) is 12.7. The third-order valence-electron chi connectivity index (χ3n) is 4.18. The van der Waals surface area contributed by atoms with Gasteiger partial charge in [0, 0.05) is 25.0 Å². The summed E-state index contributed by atoms with van der Waals surface area (Å²) in [6, 6.07) is 13.8. The van der Waals surface area contributed by atoms with Crippen LogP contribution in [0.25, 0.3) is 17.0 Å². The Morgan fingerprint density at radius 1 is 1.07 bits per heavy atom. The largest absolute Gasteiger partial charge is 0.496 e. The molecule has 4 aromatic rings. The molecule has 0 amide bonds. The Hall–Kier alpha value is -3.57. The Bertz CT molecular complexity index is 1260. The number of pyridine rings is 1. The summed E-state index contributed by atoms with van der Waals surface area (Å²) in [6.07, 6.45) is 2.79. The lowest BCUT2D eigenvalue weighted by atomic mass is 10.2. The van der Waals surface area contributed by atoms with Crippen LogP contribution in [-0.4, -0.2) is 53.5 Å². The molecule has 10 nitrogen and oxygen atoms in total. The zero-order valence-corrected chi connectivity index (χ0v) is 16.8. The topological polar surface area (TPSA) is 121 Å². The first-order chi connectivity index (χ1) is 14.6. The molecule has 0 fully saturated rings. The highest BCUT2D eigenvalue weighted by atomic mass is 32.2. The second-order valence-electron chi connectivity index (χ2n) is 6.10. The first-order valence-electron chi connectivity index (χ1n) is 8.97. The first kappa shape index (κ1) is 19.7. The highest BCUT2D eigenvalue weighted by molar-refractivity contribution is 7.89. The third-order valence-corrected chi connectivity index (χ3v) is 5.62. The number of ether oxygens (including phenoxy) is 2. The van der Waals surface area contributed by atoms with Gasteiger partial charge in [0.2, 0.25) is 15.9 Å². The summed E-state index contributed by atoms with van der Waals surface area (Å²) in [4.78, 5) is 3.91. The molecule has 154 valence electrons. The number of sulfonamides is 1. The lowest BCUT2D eigenvalue weighted by Gasteiger charge is -2.09. The van der Waals surface area contributed by atoms with Gasteiger partial charge in [0.05, 0.1) is 12.7 Å². The van der Waals surface area contributed by atoms with Gasteiger partial charge in [-0.2, -0.15) is 4.52 Å². The number of methoxy groups -OCH3 is 1. The maximum absolute atomic E-state index is 12.2. The highest BCUT2D eigenvalue weighted by Gasteiger charge is 2.15. The lowest BCUT2D eigenvalue weighted by Crippen LogP contribution is -2.28. The lowest BCUT2D eigenvalue weighted by molar-refractivity contribution is 0.306. The number of hydrogen-bond acceptors (Lipinski definition) is 8. The maximum atomic E-state index is 12.2. The van der Waals surface area contributed by atoms with Gasteiger partial charge in [0.25, 0.3) is 0 Å². The van der Waals surface area contributed by atoms with Crippen molar-refractivity contribution in [3.63, 3.8) is 0 Å². The summed E-state index contributed by atoms with van der Waals surface area (Å²) in [5.74, 6) is 1.45. The molecule has 0 bridgehead atoms. The molecule has 3 aromatic heterocycles. The fourth-order valence-electron chi connectivity index (χ4n) is 2.77. The van der Waals surface area contributed by atoms with E-state index in [2.05, 4.69) is 25.0 Å². The fourth-order valence-corrected chi connectivity index (χ4v) is 3.74. The van der Waals surface area contributed by atoms with E-state index in [1.54, 1.807) is 29.8 Å². The molecule has 0 unspecified atom stereocenters. The van der Waals surface area contributed by atoms with Crippen molar-refractivity contribution in [3.8, 4) is 23.0 Å². The Morgan fingerprint density at radius 2 is 1.93 bits per heavy atom. The van der Waals surface area contributed by atoms with Gasteiger partial charge >= 0.3 is 0 Å². The molecule has 1 aromatic carbocycles. The molecule has 0 aliphatic carbocycles.